The number of carbonyl (C=O) groups is 1. The van der Waals surface area contributed by atoms with Crippen molar-refractivity contribution in [1.29, 1.82) is 0 Å². The first-order valence-corrected chi connectivity index (χ1v) is 5.58. The van der Waals surface area contributed by atoms with E-state index in [1.165, 1.54) is 25.1 Å². The van der Waals surface area contributed by atoms with Gasteiger partial charge in [-0.3, -0.25) is 4.98 Å². The summed E-state index contributed by atoms with van der Waals surface area (Å²) < 4.78 is 6.44. The molecule has 88 valence electrons. The molecule has 0 spiro atoms. The number of carbonyl (C=O) groups excluding carboxylic acids is 1. The third kappa shape index (κ3) is 2.62. The first-order valence-electron chi connectivity index (χ1n) is 4.76. The molecule has 0 unspecified atom stereocenters. The monoisotopic (exact) mass is 250 g/mol. The van der Waals surface area contributed by atoms with E-state index in [2.05, 4.69) is 19.7 Å². The molecular formula is C10H10N4O2S. The van der Waals surface area contributed by atoms with Gasteiger partial charge in [-0.2, -0.15) is 0 Å². The normalized spacial score (nSPS) is 10.2. The molecule has 0 aliphatic carbocycles. The summed E-state index contributed by atoms with van der Waals surface area (Å²) in [7, 11) is 3.19. The Hall–Kier alpha value is -1.89. The lowest BCUT2D eigenvalue weighted by molar-refractivity contribution is 0.0592. The number of hydrogen-bond acceptors (Lipinski definition) is 6. The van der Waals surface area contributed by atoms with Gasteiger partial charge in [0, 0.05) is 19.4 Å². The molecule has 0 atom stereocenters. The highest BCUT2D eigenvalue weighted by Crippen LogP contribution is 2.23. The molecule has 6 nitrogen and oxygen atoms in total. The Balaban J connectivity index is 2.22. The second-order valence-corrected chi connectivity index (χ2v) is 4.14. The summed E-state index contributed by atoms with van der Waals surface area (Å²) in [4.78, 5) is 23.5. The average Bonchev–Trinajstić information content (AvgIpc) is 2.74. The molecule has 0 saturated carbocycles. The largest absolute Gasteiger partial charge is 0.464 e. The molecule has 17 heavy (non-hydrogen) atoms. The van der Waals surface area contributed by atoms with Crippen LogP contribution in [0.4, 0.5) is 0 Å². The predicted molar refractivity (Wildman–Crippen MR) is 60.7 cm³/mol. The van der Waals surface area contributed by atoms with Crippen molar-refractivity contribution in [3.8, 4) is 0 Å². The van der Waals surface area contributed by atoms with Crippen LogP contribution in [0.3, 0.4) is 0 Å². The second kappa shape index (κ2) is 4.96. The van der Waals surface area contributed by atoms with Crippen molar-refractivity contribution in [2.24, 2.45) is 7.05 Å². The van der Waals surface area contributed by atoms with Gasteiger partial charge in [-0.05, 0) is 11.8 Å². The number of ether oxygens (including phenoxy) is 1. The van der Waals surface area contributed by atoms with Gasteiger partial charge in [0.1, 0.15) is 5.03 Å². The molecule has 0 fully saturated rings. The highest BCUT2D eigenvalue weighted by molar-refractivity contribution is 7.99. The highest BCUT2D eigenvalue weighted by atomic mass is 32.2. The van der Waals surface area contributed by atoms with Gasteiger partial charge in [0.25, 0.3) is 0 Å². The maximum Gasteiger partial charge on any atom is 0.358 e. The summed E-state index contributed by atoms with van der Waals surface area (Å²) in [6.45, 7) is 0. The van der Waals surface area contributed by atoms with Crippen LogP contribution in [0.2, 0.25) is 0 Å². The zero-order chi connectivity index (χ0) is 12.3. The zero-order valence-corrected chi connectivity index (χ0v) is 10.1. The van der Waals surface area contributed by atoms with E-state index in [4.69, 9.17) is 0 Å². The van der Waals surface area contributed by atoms with E-state index in [0.717, 1.165) is 5.16 Å². The third-order valence-electron chi connectivity index (χ3n) is 1.98. The van der Waals surface area contributed by atoms with Crippen molar-refractivity contribution >= 4 is 17.7 Å². The molecule has 0 saturated heterocycles. The van der Waals surface area contributed by atoms with Crippen LogP contribution in [0, 0.1) is 0 Å². The Morgan fingerprint density at radius 1 is 1.47 bits per heavy atom. The van der Waals surface area contributed by atoms with Crippen molar-refractivity contribution < 1.29 is 9.53 Å². The van der Waals surface area contributed by atoms with Crippen LogP contribution in [0.25, 0.3) is 0 Å². The van der Waals surface area contributed by atoms with Gasteiger partial charge in [-0.15, -0.1) is 0 Å². The van der Waals surface area contributed by atoms with Crippen molar-refractivity contribution in [3.05, 3.63) is 30.5 Å². The van der Waals surface area contributed by atoms with Crippen LogP contribution in [0.15, 0.2) is 35.0 Å². The molecular weight excluding hydrogens is 240 g/mol. The Morgan fingerprint density at radius 3 is 2.94 bits per heavy atom. The maximum absolute atomic E-state index is 11.3. The van der Waals surface area contributed by atoms with Gasteiger partial charge < -0.3 is 9.30 Å². The fourth-order valence-electron chi connectivity index (χ4n) is 1.14. The van der Waals surface area contributed by atoms with Crippen LogP contribution in [-0.4, -0.2) is 32.6 Å². The summed E-state index contributed by atoms with van der Waals surface area (Å²) in [6.07, 6.45) is 6.47. The summed E-state index contributed by atoms with van der Waals surface area (Å²) in [5, 5.41) is 1.38. The third-order valence-corrected chi connectivity index (χ3v) is 2.96. The van der Waals surface area contributed by atoms with E-state index in [1.807, 2.05) is 17.8 Å². The quantitative estimate of drug-likeness (QED) is 0.761. The molecule has 0 aromatic carbocycles. The van der Waals surface area contributed by atoms with Crippen molar-refractivity contribution in [1.82, 2.24) is 19.5 Å². The average molecular weight is 250 g/mol. The first-order chi connectivity index (χ1) is 8.20. The molecule has 0 radical (unpaired) electrons. The standard InChI is InChI=1S/C10H10N4O2S/c1-14-4-3-12-10(14)17-8-6-11-5-7(13-8)9(15)16-2/h3-6H,1-2H3. The molecule has 0 bridgehead atoms. The molecule has 0 aliphatic rings. The highest BCUT2D eigenvalue weighted by Gasteiger charge is 2.10. The Kier molecular flexibility index (Phi) is 3.38. The van der Waals surface area contributed by atoms with Gasteiger partial charge in [-0.25, -0.2) is 14.8 Å². The van der Waals surface area contributed by atoms with E-state index >= 15 is 0 Å². The molecule has 0 amide bonds. The van der Waals surface area contributed by atoms with Gasteiger partial charge >= 0.3 is 5.97 Å². The Bertz CT molecular complexity index is 541. The fourth-order valence-corrected chi connectivity index (χ4v) is 1.91. The minimum absolute atomic E-state index is 0.187. The van der Waals surface area contributed by atoms with Crippen LogP contribution < -0.4 is 0 Å². The van der Waals surface area contributed by atoms with Crippen molar-refractivity contribution in [2.45, 2.75) is 10.2 Å². The van der Waals surface area contributed by atoms with Crippen molar-refractivity contribution in [2.75, 3.05) is 7.11 Å². The number of rotatable bonds is 3. The topological polar surface area (TPSA) is 69.9 Å². The minimum atomic E-state index is -0.500. The lowest BCUT2D eigenvalue weighted by atomic mass is 10.5. The number of imidazole rings is 1. The Morgan fingerprint density at radius 2 is 2.29 bits per heavy atom. The van der Waals surface area contributed by atoms with Crippen LogP contribution >= 0.6 is 11.8 Å². The number of aromatic nitrogens is 4. The summed E-state index contributed by atoms with van der Waals surface area (Å²) in [5.41, 5.74) is 0.187. The maximum atomic E-state index is 11.3. The van der Waals surface area contributed by atoms with Gasteiger partial charge in [-0.1, -0.05) is 0 Å². The molecule has 2 aromatic heterocycles. The van der Waals surface area contributed by atoms with E-state index < -0.39 is 5.97 Å². The predicted octanol–water partition coefficient (Wildman–Crippen LogP) is 1.15. The molecule has 0 N–H and O–H groups in total. The SMILES string of the molecule is COC(=O)c1cncc(Sc2nccn2C)n1. The second-order valence-electron chi connectivity index (χ2n) is 3.16. The molecule has 2 rings (SSSR count). The van der Waals surface area contributed by atoms with Gasteiger partial charge in [0.2, 0.25) is 0 Å². The number of methoxy groups -OCH3 is 1. The Labute approximate surface area is 102 Å². The molecule has 0 aliphatic heterocycles. The number of esters is 1. The molecule has 2 heterocycles. The minimum Gasteiger partial charge on any atom is -0.464 e. The van der Waals surface area contributed by atoms with E-state index in [0.29, 0.717) is 5.03 Å². The molecule has 7 heteroatoms. The van der Waals surface area contributed by atoms with E-state index in [9.17, 15) is 4.79 Å². The number of nitrogens with zero attached hydrogens (tertiary/aromatic N) is 4. The van der Waals surface area contributed by atoms with E-state index in [1.54, 1.807) is 12.4 Å². The summed E-state index contributed by atoms with van der Waals surface area (Å²) in [5.74, 6) is -0.500. The van der Waals surface area contributed by atoms with E-state index in [-0.39, 0.29) is 5.69 Å². The summed E-state index contributed by atoms with van der Waals surface area (Å²) in [6, 6.07) is 0. The van der Waals surface area contributed by atoms with Crippen LogP contribution in [0.1, 0.15) is 10.5 Å². The fraction of sp³-hybridized carbons (Fsp3) is 0.200. The number of aryl methyl sites for hydroxylation is 1. The van der Waals surface area contributed by atoms with Crippen LogP contribution in [-0.2, 0) is 11.8 Å². The smallest absolute Gasteiger partial charge is 0.358 e. The van der Waals surface area contributed by atoms with Crippen LogP contribution in [0.5, 0.6) is 0 Å². The molecule has 2 aromatic rings. The zero-order valence-electron chi connectivity index (χ0n) is 9.32. The van der Waals surface area contributed by atoms with Gasteiger partial charge in [0.15, 0.2) is 10.9 Å². The first kappa shape index (κ1) is 11.6. The summed E-state index contributed by atoms with van der Waals surface area (Å²) >= 11 is 1.33. The lowest BCUT2D eigenvalue weighted by Crippen LogP contribution is -2.05. The van der Waals surface area contributed by atoms with Crippen molar-refractivity contribution in [3.63, 3.8) is 0 Å². The number of hydrogen-bond donors (Lipinski definition) is 0. The lowest BCUT2D eigenvalue weighted by Gasteiger charge is -2.02. The van der Waals surface area contributed by atoms with Gasteiger partial charge in [0.05, 0.1) is 19.5 Å².